The maximum Gasteiger partial charge on any atom is 0.191 e. The molecule has 1 rings (SSSR count). The van der Waals surface area contributed by atoms with Crippen LogP contribution in [0.15, 0.2) is 4.99 Å². The van der Waals surface area contributed by atoms with Gasteiger partial charge >= 0.3 is 0 Å². The van der Waals surface area contributed by atoms with E-state index in [9.17, 15) is 0 Å². The summed E-state index contributed by atoms with van der Waals surface area (Å²) in [6.45, 7) is 2.99. The molecule has 0 aliphatic heterocycles. The van der Waals surface area contributed by atoms with Gasteiger partial charge in [-0.15, -0.1) is 24.0 Å². The Morgan fingerprint density at radius 2 is 2.06 bits per heavy atom. The zero-order chi connectivity index (χ0) is 11.6. The molecule has 0 radical (unpaired) electrons. The molecule has 102 valence electrons. The van der Waals surface area contributed by atoms with Crippen molar-refractivity contribution >= 4 is 29.9 Å². The second-order valence-corrected chi connectivity index (χ2v) is 3.88. The van der Waals surface area contributed by atoms with E-state index in [-0.39, 0.29) is 24.0 Å². The SMILES string of the molecule is CN=C(NCCCOCCOC)NC1CC1.I. The number of hydrogen-bond donors (Lipinski definition) is 2. The first-order valence-electron chi connectivity index (χ1n) is 5.90. The Morgan fingerprint density at radius 1 is 1.29 bits per heavy atom. The largest absolute Gasteiger partial charge is 0.382 e. The van der Waals surface area contributed by atoms with Crippen molar-refractivity contribution in [2.24, 2.45) is 4.99 Å². The van der Waals surface area contributed by atoms with Crippen molar-refractivity contribution in [1.29, 1.82) is 0 Å². The van der Waals surface area contributed by atoms with Crippen LogP contribution in [0, 0.1) is 0 Å². The van der Waals surface area contributed by atoms with Gasteiger partial charge in [0.15, 0.2) is 5.96 Å². The molecule has 0 aromatic heterocycles. The van der Waals surface area contributed by atoms with E-state index in [2.05, 4.69) is 15.6 Å². The average Bonchev–Trinajstić information content (AvgIpc) is 3.10. The van der Waals surface area contributed by atoms with Crippen LogP contribution in [0.3, 0.4) is 0 Å². The van der Waals surface area contributed by atoms with E-state index in [1.54, 1.807) is 14.2 Å². The first kappa shape index (κ1) is 16.9. The summed E-state index contributed by atoms with van der Waals surface area (Å²) >= 11 is 0. The van der Waals surface area contributed by atoms with Crippen LogP contribution in [-0.2, 0) is 9.47 Å². The van der Waals surface area contributed by atoms with Gasteiger partial charge in [0.05, 0.1) is 13.2 Å². The summed E-state index contributed by atoms with van der Waals surface area (Å²) in [5.74, 6) is 0.902. The first-order chi connectivity index (χ1) is 7.86. The standard InChI is InChI=1S/C11H23N3O2.HI/c1-12-11(14-10-4-5-10)13-6-3-7-16-9-8-15-2;/h10H,3-9H2,1-2H3,(H2,12,13,14);1H. The normalized spacial score (nSPS) is 15.3. The Labute approximate surface area is 121 Å². The molecule has 1 aliphatic rings. The van der Waals surface area contributed by atoms with Gasteiger partial charge in [-0.05, 0) is 19.3 Å². The topological polar surface area (TPSA) is 54.9 Å². The molecule has 17 heavy (non-hydrogen) atoms. The third-order valence-corrected chi connectivity index (χ3v) is 2.33. The highest BCUT2D eigenvalue weighted by Crippen LogP contribution is 2.18. The minimum atomic E-state index is 0. The van der Waals surface area contributed by atoms with Gasteiger partial charge in [-0.2, -0.15) is 0 Å². The number of rotatable bonds is 8. The van der Waals surface area contributed by atoms with E-state index < -0.39 is 0 Å². The van der Waals surface area contributed by atoms with Crippen LogP contribution in [-0.4, -0.2) is 52.5 Å². The molecule has 0 aromatic rings. The second-order valence-electron chi connectivity index (χ2n) is 3.88. The van der Waals surface area contributed by atoms with Gasteiger partial charge in [0, 0.05) is 33.4 Å². The van der Waals surface area contributed by atoms with Gasteiger partial charge in [-0.1, -0.05) is 0 Å². The lowest BCUT2D eigenvalue weighted by molar-refractivity contribution is 0.0698. The molecule has 0 aromatic carbocycles. The monoisotopic (exact) mass is 357 g/mol. The lowest BCUT2D eigenvalue weighted by Crippen LogP contribution is -2.39. The molecular formula is C11H24IN3O2. The van der Waals surface area contributed by atoms with Crippen molar-refractivity contribution in [2.75, 3.05) is 40.5 Å². The molecule has 2 N–H and O–H groups in total. The molecule has 0 atom stereocenters. The fourth-order valence-electron chi connectivity index (χ4n) is 1.24. The summed E-state index contributed by atoms with van der Waals surface area (Å²) in [7, 11) is 3.48. The fraction of sp³-hybridized carbons (Fsp3) is 0.909. The van der Waals surface area contributed by atoms with Crippen LogP contribution in [0.5, 0.6) is 0 Å². The van der Waals surface area contributed by atoms with E-state index in [0.29, 0.717) is 19.3 Å². The van der Waals surface area contributed by atoms with Crippen LogP contribution >= 0.6 is 24.0 Å². The Morgan fingerprint density at radius 3 is 2.65 bits per heavy atom. The highest BCUT2D eigenvalue weighted by molar-refractivity contribution is 14.0. The number of nitrogens with zero attached hydrogens (tertiary/aromatic N) is 1. The number of aliphatic imine (C=N–C) groups is 1. The van der Waals surface area contributed by atoms with Crippen LogP contribution in [0.2, 0.25) is 0 Å². The van der Waals surface area contributed by atoms with E-state index in [0.717, 1.165) is 25.5 Å². The minimum Gasteiger partial charge on any atom is -0.382 e. The van der Waals surface area contributed by atoms with E-state index in [4.69, 9.17) is 9.47 Å². The molecule has 1 saturated carbocycles. The molecule has 1 aliphatic carbocycles. The van der Waals surface area contributed by atoms with Gasteiger partial charge in [-0.25, -0.2) is 0 Å². The van der Waals surface area contributed by atoms with Gasteiger partial charge in [0.25, 0.3) is 0 Å². The highest BCUT2D eigenvalue weighted by atomic mass is 127. The average molecular weight is 357 g/mol. The molecule has 0 heterocycles. The zero-order valence-corrected chi connectivity index (χ0v) is 13.0. The summed E-state index contributed by atoms with van der Waals surface area (Å²) in [5.41, 5.74) is 0. The Kier molecular flexibility index (Phi) is 11.0. The maximum absolute atomic E-state index is 5.36. The zero-order valence-electron chi connectivity index (χ0n) is 10.7. The lowest BCUT2D eigenvalue weighted by atomic mass is 10.4. The van der Waals surface area contributed by atoms with Crippen LogP contribution in [0.1, 0.15) is 19.3 Å². The molecule has 6 heteroatoms. The number of hydrogen-bond acceptors (Lipinski definition) is 3. The smallest absolute Gasteiger partial charge is 0.191 e. The maximum atomic E-state index is 5.36. The van der Waals surface area contributed by atoms with E-state index >= 15 is 0 Å². The van der Waals surface area contributed by atoms with E-state index in [1.165, 1.54) is 12.8 Å². The molecule has 0 amide bonds. The molecule has 1 fully saturated rings. The number of ether oxygens (including phenoxy) is 2. The fourth-order valence-corrected chi connectivity index (χ4v) is 1.24. The second kappa shape index (κ2) is 11.0. The summed E-state index contributed by atoms with van der Waals surface area (Å²) in [4.78, 5) is 4.15. The predicted molar refractivity (Wildman–Crippen MR) is 80.2 cm³/mol. The summed E-state index contributed by atoms with van der Waals surface area (Å²) < 4.78 is 10.2. The van der Waals surface area contributed by atoms with Crippen molar-refractivity contribution in [3.63, 3.8) is 0 Å². The number of halogens is 1. The van der Waals surface area contributed by atoms with Gasteiger partial charge in [0.1, 0.15) is 0 Å². The van der Waals surface area contributed by atoms with Gasteiger partial charge in [-0.3, -0.25) is 4.99 Å². The molecular weight excluding hydrogens is 333 g/mol. The lowest BCUT2D eigenvalue weighted by Gasteiger charge is -2.10. The van der Waals surface area contributed by atoms with E-state index in [1.807, 2.05) is 0 Å². The third-order valence-electron chi connectivity index (χ3n) is 2.33. The molecule has 5 nitrogen and oxygen atoms in total. The molecule has 0 spiro atoms. The minimum absolute atomic E-state index is 0. The Balaban J connectivity index is 0.00000256. The predicted octanol–water partition coefficient (Wildman–Crippen LogP) is 0.985. The van der Waals surface area contributed by atoms with Gasteiger partial charge in [0.2, 0.25) is 0 Å². The molecule has 0 unspecified atom stereocenters. The first-order valence-corrected chi connectivity index (χ1v) is 5.90. The Bertz CT molecular complexity index is 211. The highest BCUT2D eigenvalue weighted by Gasteiger charge is 2.21. The van der Waals surface area contributed by atoms with Crippen LogP contribution in [0.25, 0.3) is 0 Å². The summed E-state index contributed by atoms with van der Waals surface area (Å²) in [5, 5.41) is 6.59. The van der Waals surface area contributed by atoms with Crippen molar-refractivity contribution in [3.8, 4) is 0 Å². The number of methoxy groups -OCH3 is 1. The molecule has 0 saturated heterocycles. The number of guanidine groups is 1. The quantitative estimate of drug-likeness (QED) is 0.294. The third kappa shape index (κ3) is 9.61. The summed E-state index contributed by atoms with van der Waals surface area (Å²) in [6.07, 6.45) is 3.51. The molecule has 0 bridgehead atoms. The van der Waals surface area contributed by atoms with Crippen LogP contribution in [0.4, 0.5) is 0 Å². The van der Waals surface area contributed by atoms with Crippen molar-refractivity contribution in [2.45, 2.75) is 25.3 Å². The van der Waals surface area contributed by atoms with Gasteiger partial charge < -0.3 is 20.1 Å². The number of nitrogens with one attached hydrogen (secondary N) is 2. The Hall–Kier alpha value is -0.0800. The van der Waals surface area contributed by atoms with Crippen molar-refractivity contribution < 1.29 is 9.47 Å². The van der Waals surface area contributed by atoms with Crippen molar-refractivity contribution in [1.82, 2.24) is 10.6 Å². The van der Waals surface area contributed by atoms with Crippen molar-refractivity contribution in [3.05, 3.63) is 0 Å². The van der Waals surface area contributed by atoms with Crippen LogP contribution < -0.4 is 10.6 Å². The summed E-state index contributed by atoms with van der Waals surface area (Å²) in [6, 6.07) is 0.643.